The van der Waals surface area contributed by atoms with Gasteiger partial charge in [0.2, 0.25) is 0 Å². The van der Waals surface area contributed by atoms with Gasteiger partial charge in [0.25, 0.3) is 0 Å². The van der Waals surface area contributed by atoms with Crippen molar-refractivity contribution in [1.82, 2.24) is 0 Å². The number of carbonyl (C=O) groups is 1. The van der Waals surface area contributed by atoms with Crippen LogP contribution in [0.25, 0.3) is 0 Å². The minimum Gasteiger partial charge on any atom is -0.496 e. The second-order valence-electron chi connectivity index (χ2n) is 4.76. The summed E-state index contributed by atoms with van der Waals surface area (Å²) in [5.74, 6) is 0.308. The summed E-state index contributed by atoms with van der Waals surface area (Å²) in [7, 11) is 3.02. The van der Waals surface area contributed by atoms with E-state index < -0.39 is 12.1 Å². The first-order valence-corrected chi connectivity index (χ1v) is 7.28. The minimum absolute atomic E-state index is 0.108. The maximum Gasteiger partial charge on any atom is 0.345 e. The van der Waals surface area contributed by atoms with Crippen molar-refractivity contribution in [1.29, 1.82) is 0 Å². The quantitative estimate of drug-likeness (QED) is 0.839. The number of aliphatic carboxylic acids is 1. The van der Waals surface area contributed by atoms with Crippen LogP contribution in [0.2, 0.25) is 5.02 Å². The summed E-state index contributed by atoms with van der Waals surface area (Å²) in [6, 6.07) is 11.9. The van der Waals surface area contributed by atoms with Gasteiger partial charge in [-0.2, -0.15) is 0 Å². The number of methoxy groups -OCH3 is 2. The fraction of sp³-hybridized carbons (Fsp3) is 0.235. The van der Waals surface area contributed by atoms with Crippen molar-refractivity contribution in [2.24, 2.45) is 0 Å². The number of hydrogen-bond donors (Lipinski definition) is 1. The van der Waals surface area contributed by atoms with Crippen molar-refractivity contribution in [3.8, 4) is 17.2 Å². The van der Waals surface area contributed by atoms with E-state index in [9.17, 15) is 9.90 Å². The highest BCUT2D eigenvalue weighted by Gasteiger charge is 2.23. The standard InChI is InChI=1S/C17H17ClO5/c1-21-13-8-7-12(18)9-11(13)10-16(17(19)20)23-15-6-4-3-5-14(15)22-2/h3-9,16H,10H2,1-2H3,(H,19,20). The Hall–Kier alpha value is -2.40. The zero-order valence-corrected chi connectivity index (χ0v) is 13.5. The molecule has 0 aromatic heterocycles. The molecule has 0 saturated heterocycles. The van der Waals surface area contributed by atoms with Gasteiger partial charge in [0.1, 0.15) is 5.75 Å². The molecule has 0 heterocycles. The van der Waals surface area contributed by atoms with Crippen LogP contribution in [-0.2, 0) is 11.2 Å². The van der Waals surface area contributed by atoms with Crippen LogP contribution in [-0.4, -0.2) is 31.4 Å². The monoisotopic (exact) mass is 336 g/mol. The number of rotatable bonds is 7. The normalized spacial score (nSPS) is 11.6. The largest absolute Gasteiger partial charge is 0.496 e. The first-order valence-electron chi connectivity index (χ1n) is 6.90. The van der Waals surface area contributed by atoms with Gasteiger partial charge in [0.05, 0.1) is 14.2 Å². The van der Waals surface area contributed by atoms with Gasteiger partial charge in [0, 0.05) is 11.4 Å². The fourth-order valence-electron chi connectivity index (χ4n) is 2.16. The number of carboxylic acids is 1. The number of hydrogen-bond acceptors (Lipinski definition) is 4. The second-order valence-corrected chi connectivity index (χ2v) is 5.19. The van der Waals surface area contributed by atoms with Crippen LogP contribution in [0.4, 0.5) is 0 Å². The second kappa shape index (κ2) is 7.74. The van der Waals surface area contributed by atoms with Crippen LogP contribution in [0.1, 0.15) is 5.56 Å². The Labute approximate surface area is 139 Å². The van der Waals surface area contributed by atoms with Gasteiger partial charge in [-0.15, -0.1) is 0 Å². The highest BCUT2D eigenvalue weighted by atomic mass is 35.5. The molecule has 122 valence electrons. The third kappa shape index (κ3) is 4.29. The molecule has 0 saturated carbocycles. The first-order chi connectivity index (χ1) is 11.0. The van der Waals surface area contributed by atoms with Gasteiger partial charge in [0.15, 0.2) is 17.6 Å². The SMILES string of the molecule is COc1ccc(Cl)cc1CC(Oc1ccccc1OC)C(=O)O. The molecule has 1 N–H and O–H groups in total. The Bertz CT molecular complexity index is 686. The van der Waals surface area contributed by atoms with Crippen molar-refractivity contribution in [3.05, 3.63) is 53.1 Å². The molecule has 0 bridgehead atoms. The predicted octanol–water partition coefficient (Wildman–Crippen LogP) is 3.43. The van der Waals surface area contributed by atoms with Crippen LogP contribution in [0, 0.1) is 0 Å². The van der Waals surface area contributed by atoms with Gasteiger partial charge in [-0.1, -0.05) is 23.7 Å². The molecule has 6 heteroatoms. The van der Waals surface area contributed by atoms with Crippen molar-refractivity contribution in [3.63, 3.8) is 0 Å². The Morgan fingerprint density at radius 3 is 2.35 bits per heavy atom. The summed E-state index contributed by atoms with van der Waals surface area (Å²) in [6.45, 7) is 0. The third-order valence-corrected chi connectivity index (χ3v) is 3.50. The summed E-state index contributed by atoms with van der Waals surface area (Å²) in [6.07, 6.45) is -0.990. The van der Waals surface area contributed by atoms with Crippen LogP contribution >= 0.6 is 11.6 Å². The molecule has 23 heavy (non-hydrogen) atoms. The molecule has 2 aromatic rings. The summed E-state index contributed by atoms with van der Waals surface area (Å²) < 4.78 is 16.0. The van der Waals surface area contributed by atoms with Crippen molar-refractivity contribution >= 4 is 17.6 Å². The lowest BCUT2D eigenvalue weighted by atomic mass is 10.1. The van der Waals surface area contributed by atoms with Crippen LogP contribution in [0.3, 0.4) is 0 Å². The highest BCUT2D eigenvalue weighted by molar-refractivity contribution is 6.30. The Morgan fingerprint density at radius 1 is 1.09 bits per heavy atom. The van der Waals surface area contributed by atoms with E-state index in [-0.39, 0.29) is 6.42 Å². The van der Waals surface area contributed by atoms with Gasteiger partial charge >= 0.3 is 5.97 Å². The molecule has 0 radical (unpaired) electrons. The summed E-state index contributed by atoms with van der Waals surface area (Å²) in [4.78, 5) is 11.6. The number of benzene rings is 2. The van der Waals surface area contributed by atoms with Crippen LogP contribution < -0.4 is 14.2 Å². The summed E-state index contributed by atoms with van der Waals surface area (Å²) >= 11 is 5.98. The summed E-state index contributed by atoms with van der Waals surface area (Å²) in [5.41, 5.74) is 0.655. The van der Waals surface area contributed by atoms with E-state index in [1.807, 2.05) is 0 Å². The zero-order chi connectivity index (χ0) is 16.8. The van der Waals surface area contributed by atoms with Crippen molar-refractivity contribution in [2.75, 3.05) is 14.2 Å². The van der Waals surface area contributed by atoms with E-state index in [4.69, 9.17) is 25.8 Å². The first kappa shape index (κ1) is 17.0. The molecule has 5 nitrogen and oxygen atoms in total. The van der Waals surface area contributed by atoms with E-state index in [0.29, 0.717) is 27.8 Å². The lowest BCUT2D eigenvalue weighted by Gasteiger charge is -2.18. The van der Waals surface area contributed by atoms with Crippen LogP contribution in [0.15, 0.2) is 42.5 Å². The maximum atomic E-state index is 11.6. The van der Waals surface area contributed by atoms with E-state index in [2.05, 4.69) is 0 Å². The average Bonchev–Trinajstić information content (AvgIpc) is 2.54. The number of carboxylic acid groups (broad SMARTS) is 1. The molecule has 2 rings (SSSR count). The third-order valence-electron chi connectivity index (χ3n) is 3.26. The lowest BCUT2D eigenvalue weighted by Crippen LogP contribution is -2.29. The molecule has 0 aliphatic rings. The number of ether oxygens (including phenoxy) is 3. The van der Waals surface area contributed by atoms with Gasteiger partial charge in [-0.25, -0.2) is 4.79 Å². The molecule has 0 fully saturated rings. The Kier molecular flexibility index (Phi) is 5.71. The van der Waals surface area contributed by atoms with Gasteiger partial charge < -0.3 is 19.3 Å². The van der Waals surface area contributed by atoms with E-state index >= 15 is 0 Å². The van der Waals surface area contributed by atoms with E-state index in [1.165, 1.54) is 14.2 Å². The Balaban J connectivity index is 2.26. The van der Waals surface area contributed by atoms with Gasteiger partial charge in [-0.3, -0.25) is 0 Å². The molecular formula is C17H17ClO5. The van der Waals surface area contributed by atoms with Gasteiger partial charge in [-0.05, 0) is 35.9 Å². The van der Waals surface area contributed by atoms with Crippen molar-refractivity contribution in [2.45, 2.75) is 12.5 Å². The smallest absolute Gasteiger partial charge is 0.345 e. The maximum absolute atomic E-state index is 11.6. The predicted molar refractivity (Wildman–Crippen MR) is 86.8 cm³/mol. The fourth-order valence-corrected chi connectivity index (χ4v) is 2.35. The molecule has 1 atom stereocenters. The molecule has 0 aliphatic heterocycles. The minimum atomic E-state index is -1.10. The van der Waals surface area contributed by atoms with Crippen LogP contribution in [0.5, 0.6) is 17.2 Å². The van der Waals surface area contributed by atoms with Crippen molar-refractivity contribution < 1.29 is 24.1 Å². The molecule has 0 spiro atoms. The highest BCUT2D eigenvalue weighted by Crippen LogP contribution is 2.29. The average molecular weight is 337 g/mol. The number of halogens is 1. The summed E-state index contributed by atoms with van der Waals surface area (Å²) in [5, 5.41) is 9.95. The topological polar surface area (TPSA) is 65.0 Å². The molecule has 1 unspecified atom stereocenters. The lowest BCUT2D eigenvalue weighted by molar-refractivity contribution is -0.145. The zero-order valence-electron chi connectivity index (χ0n) is 12.8. The molecule has 0 amide bonds. The van der Waals surface area contributed by atoms with E-state index in [1.54, 1.807) is 42.5 Å². The number of para-hydroxylation sites is 2. The molecular weight excluding hydrogens is 320 g/mol. The molecule has 2 aromatic carbocycles. The Morgan fingerprint density at radius 2 is 1.74 bits per heavy atom. The molecule has 0 aliphatic carbocycles. The van der Waals surface area contributed by atoms with E-state index in [0.717, 1.165) is 0 Å².